The van der Waals surface area contributed by atoms with E-state index in [4.69, 9.17) is 0 Å². The lowest BCUT2D eigenvalue weighted by molar-refractivity contribution is 1.26. The van der Waals surface area contributed by atoms with Crippen LogP contribution in [-0.4, -0.2) is 18.7 Å². The molecule has 1 N–H and O–H groups in total. The molecule has 0 spiro atoms. The fraction of sp³-hybridized carbons (Fsp3) is 0.143. The van der Waals surface area contributed by atoms with E-state index in [1.165, 1.54) is 0 Å². The molecule has 0 fully saturated rings. The van der Waals surface area contributed by atoms with E-state index in [0.29, 0.717) is 0 Å². The zero-order chi connectivity index (χ0) is 8.27. The number of hydrogen-bond acceptors (Lipinski definition) is 3. The molecule has 0 saturated heterocycles. The Morgan fingerprint density at radius 3 is 3.00 bits per heavy atom. The zero-order valence-corrected chi connectivity index (χ0v) is 7.72. The minimum atomic E-state index is 0.739. The molecule has 0 aliphatic rings. The molecule has 0 aromatic carbocycles. The maximum absolute atomic E-state index is 4.08. The first-order valence-corrected chi connectivity index (χ1v) is 3.87. The average Bonchev–Trinajstić information content (AvgIpc) is 2.04. The van der Waals surface area contributed by atoms with E-state index in [1.807, 2.05) is 6.07 Å². The number of aliphatic imine (C=N–C) groups is 1. The van der Waals surface area contributed by atoms with Crippen molar-refractivity contribution in [2.45, 2.75) is 0 Å². The van der Waals surface area contributed by atoms with Crippen LogP contribution in [0.25, 0.3) is 0 Å². The van der Waals surface area contributed by atoms with Crippen LogP contribution in [0.5, 0.6) is 0 Å². The molecule has 0 aliphatic carbocycles. The summed E-state index contributed by atoms with van der Waals surface area (Å²) in [6, 6.07) is 1.85. The highest BCUT2D eigenvalue weighted by Crippen LogP contribution is 2.24. The largest absolute Gasteiger partial charge is 0.371 e. The topological polar surface area (TPSA) is 37.3 Å². The van der Waals surface area contributed by atoms with E-state index in [2.05, 4.69) is 37.9 Å². The van der Waals surface area contributed by atoms with Gasteiger partial charge >= 0.3 is 0 Å². The Hall–Kier alpha value is -0.900. The maximum atomic E-state index is 4.08. The predicted octanol–water partition coefficient (Wildman–Crippen LogP) is 2.22. The van der Waals surface area contributed by atoms with Crippen LogP contribution in [0.2, 0.25) is 0 Å². The molecular weight excluding hydrogens is 206 g/mol. The van der Waals surface area contributed by atoms with E-state index in [9.17, 15) is 0 Å². The van der Waals surface area contributed by atoms with Crippen molar-refractivity contribution in [1.29, 1.82) is 0 Å². The molecule has 0 aliphatic heterocycles. The third-order valence-electron chi connectivity index (χ3n) is 1.24. The molecule has 3 nitrogen and oxygen atoms in total. The molecular formula is C7H8BrN3. The van der Waals surface area contributed by atoms with Crippen LogP contribution in [0.3, 0.4) is 0 Å². The summed E-state index contributed by atoms with van der Waals surface area (Å²) in [4.78, 5) is 7.87. The molecule has 0 unspecified atom stereocenters. The summed E-state index contributed by atoms with van der Waals surface area (Å²) >= 11 is 3.29. The molecule has 1 aromatic heterocycles. The summed E-state index contributed by atoms with van der Waals surface area (Å²) in [7, 11) is 1.80. The van der Waals surface area contributed by atoms with Crippen LogP contribution in [-0.2, 0) is 0 Å². The van der Waals surface area contributed by atoms with Gasteiger partial charge in [0.1, 0.15) is 5.69 Å². The molecule has 0 saturated carbocycles. The molecule has 0 atom stereocenters. The van der Waals surface area contributed by atoms with Crippen molar-refractivity contribution in [3.8, 4) is 0 Å². The molecule has 11 heavy (non-hydrogen) atoms. The van der Waals surface area contributed by atoms with Crippen LogP contribution in [0.1, 0.15) is 0 Å². The summed E-state index contributed by atoms with van der Waals surface area (Å²) in [5.74, 6) is 0.739. The summed E-state index contributed by atoms with van der Waals surface area (Å²) in [5, 5.41) is 2.91. The molecule has 4 heteroatoms. The smallest absolute Gasteiger partial charge is 0.151 e. The van der Waals surface area contributed by atoms with Crippen LogP contribution >= 0.6 is 15.9 Å². The Morgan fingerprint density at radius 2 is 2.45 bits per heavy atom. The van der Waals surface area contributed by atoms with Gasteiger partial charge in [0.25, 0.3) is 0 Å². The fourth-order valence-corrected chi connectivity index (χ4v) is 1.06. The second kappa shape index (κ2) is 3.48. The number of nitrogens with one attached hydrogen (secondary N) is 1. The van der Waals surface area contributed by atoms with Gasteiger partial charge in [0, 0.05) is 17.7 Å². The van der Waals surface area contributed by atoms with Gasteiger partial charge in [0.2, 0.25) is 0 Å². The quantitative estimate of drug-likeness (QED) is 0.766. The van der Waals surface area contributed by atoms with Crippen LogP contribution < -0.4 is 5.32 Å². The summed E-state index contributed by atoms with van der Waals surface area (Å²) in [6.45, 7) is 3.43. The van der Waals surface area contributed by atoms with Crippen LogP contribution in [0.15, 0.2) is 21.7 Å². The van der Waals surface area contributed by atoms with E-state index in [0.717, 1.165) is 16.0 Å². The first-order valence-electron chi connectivity index (χ1n) is 3.08. The first-order chi connectivity index (χ1) is 5.27. The zero-order valence-electron chi connectivity index (χ0n) is 6.13. The minimum absolute atomic E-state index is 0.739. The second-order valence-corrected chi connectivity index (χ2v) is 2.85. The van der Waals surface area contributed by atoms with Gasteiger partial charge in [-0.2, -0.15) is 0 Å². The number of halogens is 1. The van der Waals surface area contributed by atoms with Gasteiger partial charge in [-0.15, -0.1) is 0 Å². The molecule has 58 valence electrons. The Labute approximate surface area is 73.7 Å². The second-order valence-electron chi connectivity index (χ2n) is 1.93. The average molecular weight is 214 g/mol. The highest BCUT2D eigenvalue weighted by atomic mass is 79.9. The van der Waals surface area contributed by atoms with Gasteiger partial charge in [0.05, 0.1) is 0 Å². The maximum Gasteiger partial charge on any atom is 0.151 e. The lowest BCUT2D eigenvalue weighted by atomic mass is 10.4. The third kappa shape index (κ3) is 1.77. The van der Waals surface area contributed by atoms with Crippen molar-refractivity contribution in [3.05, 3.63) is 16.7 Å². The van der Waals surface area contributed by atoms with Gasteiger partial charge < -0.3 is 5.32 Å². The number of nitrogens with zero attached hydrogens (tertiary/aromatic N) is 2. The van der Waals surface area contributed by atoms with Crippen molar-refractivity contribution in [3.63, 3.8) is 0 Å². The molecule has 0 radical (unpaired) electrons. The molecule has 1 heterocycles. The lowest BCUT2D eigenvalue weighted by Gasteiger charge is -2.02. The lowest BCUT2D eigenvalue weighted by Crippen LogP contribution is -1.91. The van der Waals surface area contributed by atoms with E-state index in [1.54, 1.807) is 13.2 Å². The third-order valence-corrected chi connectivity index (χ3v) is 1.68. The normalized spacial score (nSPS) is 9.27. The SMILES string of the molecule is C=Nc1cc(Br)cnc1NC. The predicted molar refractivity (Wildman–Crippen MR) is 50.7 cm³/mol. The number of hydrogen-bond donors (Lipinski definition) is 1. The van der Waals surface area contributed by atoms with Crippen molar-refractivity contribution < 1.29 is 0 Å². The van der Waals surface area contributed by atoms with Gasteiger partial charge in [-0.1, -0.05) is 0 Å². The number of anilines is 1. The Morgan fingerprint density at radius 1 is 1.73 bits per heavy atom. The monoisotopic (exact) mass is 213 g/mol. The number of aromatic nitrogens is 1. The van der Waals surface area contributed by atoms with Gasteiger partial charge in [-0.3, -0.25) is 4.99 Å². The van der Waals surface area contributed by atoms with Crippen molar-refractivity contribution in [1.82, 2.24) is 4.98 Å². The molecule has 0 amide bonds. The van der Waals surface area contributed by atoms with E-state index in [-0.39, 0.29) is 0 Å². The highest BCUT2D eigenvalue weighted by Gasteiger charge is 1.98. The van der Waals surface area contributed by atoms with Crippen LogP contribution in [0.4, 0.5) is 11.5 Å². The van der Waals surface area contributed by atoms with E-state index >= 15 is 0 Å². The van der Waals surface area contributed by atoms with Gasteiger partial charge in [0.15, 0.2) is 5.82 Å². The number of pyridine rings is 1. The van der Waals surface area contributed by atoms with Gasteiger partial charge in [-0.05, 0) is 28.7 Å². The molecule has 0 bridgehead atoms. The van der Waals surface area contributed by atoms with Crippen molar-refractivity contribution in [2.24, 2.45) is 4.99 Å². The highest BCUT2D eigenvalue weighted by molar-refractivity contribution is 9.10. The van der Waals surface area contributed by atoms with Crippen molar-refractivity contribution >= 4 is 34.2 Å². The number of rotatable bonds is 2. The summed E-state index contributed by atoms with van der Waals surface area (Å²) in [6.07, 6.45) is 1.71. The standard InChI is InChI=1S/C7H8BrN3/c1-9-6-3-5(8)4-11-7(6)10-2/h3-4H,1H2,2H3,(H,10,11). The molecule has 1 rings (SSSR count). The fourth-order valence-electron chi connectivity index (χ4n) is 0.742. The Balaban J connectivity index is 3.16. The van der Waals surface area contributed by atoms with Gasteiger partial charge in [-0.25, -0.2) is 4.98 Å². The van der Waals surface area contributed by atoms with E-state index < -0.39 is 0 Å². The minimum Gasteiger partial charge on any atom is -0.371 e. The Kier molecular flexibility index (Phi) is 2.59. The summed E-state index contributed by atoms with van der Waals surface area (Å²) in [5.41, 5.74) is 0.752. The summed E-state index contributed by atoms with van der Waals surface area (Å²) < 4.78 is 0.902. The molecule has 1 aromatic rings. The first kappa shape index (κ1) is 8.20. The van der Waals surface area contributed by atoms with Crippen molar-refractivity contribution in [2.75, 3.05) is 12.4 Å². The van der Waals surface area contributed by atoms with Crippen LogP contribution in [0, 0.1) is 0 Å². The Bertz CT molecular complexity index is 272.